The number of rotatable bonds is 4. The number of nitrogens with one attached hydrogen (secondary N) is 1. The summed E-state index contributed by atoms with van der Waals surface area (Å²) in [5.74, 6) is 2.41. The smallest absolute Gasteiger partial charge is 0.225 e. The third kappa shape index (κ3) is 3.04. The maximum absolute atomic E-state index is 12.3. The fourth-order valence-electron chi connectivity index (χ4n) is 3.77. The van der Waals surface area contributed by atoms with Crippen LogP contribution in [0.2, 0.25) is 0 Å². The molecule has 2 fully saturated rings. The highest BCUT2D eigenvalue weighted by Gasteiger charge is 2.36. The number of carbonyl (C=O) groups excluding carboxylic acids is 1. The molecule has 1 saturated carbocycles. The third-order valence-corrected chi connectivity index (χ3v) is 5.29. The predicted molar refractivity (Wildman–Crippen MR) is 101 cm³/mol. The molecule has 140 valence electrons. The van der Waals surface area contributed by atoms with Gasteiger partial charge in [-0.3, -0.25) is 4.79 Å². The minimum atomic E-state index is -0.0607. The Labute approximate surface area is 154 Å². The molecule has 1 amide bonds. The summed E-state index contributed by atoms with van der Waals surface area (Å²) >= 11 is 0. The number of anilines is 1. The summed E-state index contributed by atoms with van der Waals surface area (Å²) in [4.78, 5) is 28.1. The molecule has 0 spiro atoms. The van der Waals surface area contributed by atoms with E-state index in [1.54, 1.807) is 6.33 Å². The minimum Gasteiger partial charge on any atom is -0.364 e. The van der Waals surface area contributed by atoms with Gasteiger partial charge in [-0.2, -0.15) is 0 Å². The second kappa shape index (κ2) is 6.21. The highest BCUT2D eigenvalue weighted by Crippen LogP contribution is 2.33. The summed E-state index contributed by atoms with van der Waals surface area (Å²) in [6, 6.07) is 0.223. The third-order valence-electron chi connectivity index (χ3n) is 5.29. The number of fused-ring (bicyclic) bond motifs is 1. The van der Waals surface area contributed by atoms with Gasteiger partial charge in [-0.1, -0.05) is 20.8 Å². The Kier molecular flexibility index (Phi) is 4.12. The standard InChI is InChI=1S/C19H28N6O/c1-5-25-16-14(23-18(25)19(2,3)4)15(20-11-21-16)22-13-8-9-24(10-13)17(26)12-6-7-12/h11-13H,5-10H2,1-4H3,(H,20,21,22). The Hall–Kier alpha value is -2.18. The number of carbonyl (C=O) groups is 1. The molecule has 2 aromatic rings. The van der Waals surface area contributed by atoms with Crippen LogP contribution in [0.15, 0.2) is 6.33 Å². The molecule has 1 aliphatic heterocycles. The van der Waals surface area contributed by atoms with Gasteiger partial charge in [0.2, 0.25) is 5.91 Å². The minimum absolute atomic E-state index is 0.0607. The van der Waals surface area contributed by atoms with Crippen LogP contribution in [0.25, 0.3) is 11.2 Å². The zero-order chi connectivity index (χ0) is 18.5. The second-order valence-electron chi connectivity index (χ2n) is 8.51. The SMILES string of the molecule is CCn1c(C(C)(C)C)nc2c(NC3CCN(C(=O)C4CC4)C3)ncnc21. The molecule has 1 atom stereocenters. The first kappa shape index (κ1) is 17.2. The number of hydrogen-bond donors (Lipinski definition) is 1. The molecule has 0 aromatic carbocycles. The van der Waals surface area contributed by atoms with E-state index in [-0.39, 0.29) is 17.4 Å². The molecule has 1 unspecified atom stereocenters. The summed E-state index contributed by atoms with van der Waals surface area (Å²) < 4.78 is 2.17. The van der Waals surface area contributed by atoms with E-state index in [0.29, 0.717) is 5.91 Å². The van der Waals surface area contributed by atoms with Crippen molar-refractivity contribution < 1.29 is 4.79 Å². The van der Waals surface area contributed by atoms with E-state index in [2.05, 4.69) is 47.5 Å². The summed E-state index contributed by atoms with van der Waals surface area (Å²) in [5, 5.41) is 3.52. The summed E-state index contributed by atoms with van der Waals surface area (Å²) in [6.07, 6.45) is 4.67. The molecule has 2 aliphatic rings. The summed E-state index contributed by atoms with van der Waals surface area (Å²) in [6.45, 7) is 11.0. The van der Waals surface area contributed by atoms with Crippen LogP contribution in [0.5, 0.6) is 0 Å². The lowest BCUT2D eigenvalue weighted by Crippen LogP contribution is -2.32. The molecule has 1 aliphatic carbocycles. The van der Waals surface area contributed by atoms with Crippen molar-refractivity contribution in [2.45, 2.75) is 65.0 Å². The Morgan fingerprint density at radius 1 is 1.27 bits per heavy atom. The molecule has 2 aromatic heterocycles. The molecule has 4 rings (SSSR count). The predicted octanol–water partition coefficient (Wildman–Crippen LogP) is 2.57. The molecule has 7 heteroatoms. The van der Waals surface area contributed by atoms with Crippen molar-refractivity contribution in [1.29, 1.82) is 0 Å². The quantitative estimate of drug-likeness (QED) is 0.911. The van der Waals surface area contributed by atoms with E-state index >= 15 is 0 Å². The van der Waals surface area contributed by atoms with Gasteiger partial charge >= 0.3 is 0 Å². The molecule has 1 N–H and O–H groups in total. The molecule has 0 radical (unpaired) electrons. The molecule has 3 heterocycles. The Balaban J connectivity index is 1.59. The molecule has 0 bridgehead atoms. The maximum Gasteiger partial charge on any atom is 0.225 e. The van der Waals surface area contributed by atoms with Crippen LogP contribution in [0.3, 0.4) is 0 Å². The van der Waals surface area contributed by atoms with Crippen molar-refractivity contribution in [3.05, 3.63) is 12.2 Å². The van der Waals surface area contributed by atoms with Gasteiger partial charge in [-0.05, 0) is 26.2 Å². The van der Waals surface area contributed by atoms with Gasteiger partial charge in [-0.15, -0.1) is 0 Å². The van der Waals surface area contributed by atoms with E-state index in [4.69, 9.17) is 4.98 Å². The van der Waals surface area contributed by atoms with Crippen molar-refractivity contribution in [1.82, 2.24) is 24.4 Å². The van der Waals surface area contributed by atoms with Gasteiger partial charge in [0.15, 0.2) is 17.0 Å². The number of hydrogen-bond acceptors (Lipinski definition) is 5. The topological polar surface area (TPSA) is 75.9 Å². The van der Waals surface area contributed by atoms with Crippen LogP contribution in [0, 0.1) is 5.92 Å². The number of nitrogens with zero attached hydrogens (tertiary/aromatic N) is 5. The number of imidazole rings is 1. The number of aromatic nitrogens is 4. The Bertz CT molecular complexity index is 832. The second-order valence-corrected chi connectivity index (χ2v) is 8.51. The average Bonchev–Trinajstić information content (AvgIpc) is 3.21. The highest BCUT2D eigenvalue weighted by atomic mass is 16.2. The van der Waals surface area contributed by atoms with Crippen LogP contribution in [0.4, 0.5) is 5.82 Å². The number of likely N-dealkylation sites (tertiary alicyclic amines) is 1. The number of amides is 1. The fourth-order valence-corrected chi connectivity index (χ4v) is 3.77. The average molecular weight is 356 g/mol. The lowest BCUT2D eigenvalue weighted by atomic mass is 9.96. The Morgan fingerprint density at radius 3 is 2.69 bits per heavy atom. The van der Waals surface area contributed by atoms with Crippen molar-refractivity contribution in [2.24, 2.45) is 5.92 Å². The van der Waals surface area contributed by atoms with E-state index in [9.17, 15) is 4.79 Å². The highest BCUT2D eigenvalue weighted by molar-refractivity contribution is 5.84. The van der Waals surface area contributed by atoms with E-state index in [0.717, 1.165) is 61.7 Å². The summed E-state index contributed by atoms with van der Waals surface area (Å²) in [7, 11) is 0. The van der Waals surface area contributed by atoms with Crippen molar-refractivity contribution in [2.75, 3.05) is 18.4 Å². The van der Waals surface area contributed by atoms with Gasteiger partial charge in [0.25, 0.3) is 0 Å². The molecular weight excluding hydrogens is 328 g/mol. The Morgan fingerprint density at radius 2 is 2.04 bits per heavy atom. The van der Waals surface area contributed by atoms with Crippen LogP contribution >= 0.6 is 0 Å². The number of aryl methyl sites for hydroxylation is 1. The first-order valence-electron chi connectivity index (χ1n) is 9.65. The summed E-state index contributed by atoms with van der Waals surface area (Å²) in [5.41, 5.74) is 1.64. The van der Waals surface area contributed by atoms with Crippen LogP contribution in [0.1, 0.15) is 52.8 Å². The van der Waals surface area contributed by atoms with Crippen LogP contribution < -0.4 is 5.32 Å². The largest absolute Gasteiger partial charge is 0.364 e. The van der Waals surface area contributed by atoms with Crippen LogP contribution in [-0.2, 0) is 16.8 Å². The zero-order valence-electron chi connectivity index (χ0n) is 16.1. The van der Waals surface area contributed by atoms with Gasteiger partial charge in [-0.25, -0.2) is 15.0 Å². The zero-order valence-corrected chi connectivity index (χ0v) is 16.1. The normalized spacial score (nSPS) is 20.8. The lowest BCUT2D eigenvalue weighted by Gasteiger charge is -2.18. The van der Waals surface area contributed by atoms with Gasteiger partial charge < -0.3 is 14.8 Å². The van der Waals surface area contributed by atoms with E-state index < -0.39 is 0 Å². The fraction of sp³-hybridized carbons (Fsp3) is 0.684. The van der Waals surface area contributed by atoms with Crippen molar-refractivity contribution >= 4 is 22.9 Å². The van der Waals surface area contributed by atoms with Gasteiger partial charge in [0, 0.05) is 37.0 Å². The van der Waals surface area contributed by atoms with Crippen LogP contribution in [-0.4, -0.2) is 49.5 Å². The molecule has 26 heavy (non-hydrogen) atoms. The van der Waals surface area contributed by atoms with Crippen molar-refractivity contribution in [3.63, 3.8) is 0 Å². The van der Waals surface area contributed by atoms with Gasteiger partial charge in [0.05, 0.1) is 0 Å². The van der Waals surface area contributed by atoms with Gasteiger partial charge in [0.1, 0.15) is 12.2 Å². The maximum atomic E-state index is 12.3. The molecular formula is C19H28N6O. The monoisotopic (exact) mass is 356 g/mol. The van der Waals surface area contributed by atoms with E-state index in [1.807, 2.05) is 4.90 Å². The van der Waals surface area contributed by atoms with Crippen molar-refractivity contribution in [3.8, 4) is 0 Å². The first-order valence-corrected chi connectivity index (χ1v) is 9.65. The van der Waals surface area contributed by atoms with E-state index in [1.165, 1.54) is 0 Å². The lowest BCUT2D eigenvalue weighted by molar-refractivity contribution is -0.131. The molecule has 7 nitrogen and oxygen atoms in total. The first-order chi connectivity index (χ1) is 12.4. The molecule has 1 saturated heterocycles.